The van der Waals surface area contributed by atoms with Crippen molar-refractivity contribution in [2.45, 2.75) is 45.1 Å². The van der Waals surface area contributed by atoms with Crippen molar-refractivity contribution in [1.82, 2.24) is 5.43 Å². The summed E-state index contributed by atoms with van der Waals surface area (Å²) < 4.78 is 0. The highest BCUT2D eigenvalue weighted by Gasteiger charge is 2.35. The molecule has 0 saturated heterocycles. The van der Waals surface area contributed by atoms with E-state index in [0.717, 1.165) is 0 Å². The van der Waals surface area contributed by atoms with Crippen LogP contribution < -0.4 is 5.43 Å². The molecule has 2 heteroatoms. The highest BCUT2D eigenvalue weighted by Crippen LogP contribution is 2.37. The molecule has 17 heavy (non-hydrogen) atoms. The largest absolute Gasteiger partial charge is 0.302 e. The van der Waals surface area contributed by atoms with Gasteiger partial charge in [0, 0.05) is 11.6 Å². The summed E-state index contributed by atoms with van der Waals surface area (Å²) >= 11 is 0. The third kappa shape index (κ3) is 1.86. The number of fused-ring (bicyclic) bond motifs is 1. The zero-order valence-corrected chi connectivity index (χ0v) is 10.6. The molecule has 1 N–H and O–H groups in total. The molecular formula is C15H20N2. The minimum Gasteiger partial charge on any atom is -0.302 e. The van der Waals surface area contributed by atoms with E-state index < -0.39 is 0 Å². The average molecular weight is 228 g/mol. The summed E-state index contributed by atoms with van der Waals surface area (Å²) in [6.07, 6.45) is 3.80. The van der Waals surface area contributed by atoms with Crippen LogP contribution in [0.2, 0.25) is 0 Å². The molecule has 1 aliphatic heterocycles. The molecule has 1 aromatic carbocycles. The molecule has 2 nitrogen and oxygen atoms in total. The zero-order valence-electron chi connectivity index (χ0n) is 10.6. The molecule has 1 saturated carbocycles. The maximum atomic E-state index is 4.48. The fraction of sp³-hybridized carbons (Fsp3) is 0.533. The predicted molar refractivity (Wildman–Crippen MR) is 71.2 cm³/mol. The Labute approximate surface area is 103 Å². The summed E-state index contributed by atoms with van der Waals surface area (Å²) in [7, 11) is 0. The third-order valence-electron chi connectivity index (χ3n) is 4.09. The van der Waals surface area contributed by atoms with Crippen LogP contribution in [0.15, 0.2) is 29.4 Å². The number of hydrazone groups is 1. The van der Waals surface area contributed by atoms with Crippen LogP contribution in [0.1, 0.15) is 56.2 Å². The molecule has 3 rings (SSSR count). The van der Waals surface area contributed by atoms with E-state index in [2.05, 4.69) is 48.6 Å². The van der Waals surface area contributed by atoms with Crippen molar-refractivity contribution in [2.75, 3.05) is 0 Å². The Morgan fingerprint density at radius 3 is 2.71 bits per heavy atom. The molecule has 0 aromatic heterocycles. The second-order valence-corrected chi connectivity index (χ2v) is 5.53. The van der Waals surface area contributed by atoms with Gasteiger partial charge in [0.1, 0.15) is 0 Å². The fourth-order valence-corrected chi connectivity index (χ4v) is 2.99. The average Bonchev–Trinajstić information content (AvgIpc) is 2.90. The summed E-state index contributed by atoms with van der Waals surface area (Å²) in [6.45, 7) is 4.47. The van der Waals surface area contributed by atoms with Crippen molar-refractivity contribution in [3.63, 3.8) is 0 Å². The SMILES string of the molecule is CC(C)c1ccc(C2NN=C3CCCC32)cc1. The van der Waals surface area contributed by atoms with Crippen LogP contribution in [-0.2, 0) is 0 Å². The first-order chi connectivity index (χ1) is 8.25. The Morgan fingerprint density at radius 1 is 1.24 bits per heavy atom. The van der Waals surface area contributed by atoms with Crippen LogP contribution in [0.4, 0.5) is 0 Å². The minimum absolute atomic E-state index is 0.425. The van der Waals surface area contributed by atoms with Crippen LogP contribution in [0.25, 0.3) is 0 Å². The van der Waals surface area contributed by atoms with Crippen molar-refractivity contribution in [3.05, 3.63) is 35.4 Å². The molecule has 90 valence electrons. The third-order valence-corrected chi connectivity index (χ3v) is 4.09. The lowest BCUT2D eigenvalue weighted by molar-refractivity contribution is 0.482. The molecule has 1 aliphatic carbocycles. The Hall–Kier alpha value is -1.31. The standard InChI is InChI=1S/C15H20N2/c1-10(2)11-6-8-12(9-7-11)15-13-4-3-5-14(13)16-17-15/h6-10,13,15,17H,3-5H2,1-2H3. The van der Waals surface area contributed by atoms with Crippen molar-refractivity contribution in [3.8, 4) is 0 Å². The summed E-state index contributed by atoms with van der Waals surface area (Å²) in [5.74, 6) is 1.26. The first-order valence-corrected chi connectivity index (χ1v) is 6.67. The number of nitrogens with one attached hydrogen (secondary N) is 1. The van der Waals surface area contributed by atoms with Gasteiger partial charge in [0.25, 0.3) is 0 Å². The molecule has 2 atom stereocenters. The Balaban J connectivity index is 1.81. The fourth-order valence-electron chi connectivity index (χ4n) is 2.99. The van der Waals surface area contributed by atoms with E-state index in [0.29, 0.717) is 17.9 Å². The van der Waals surface area contributed by atoms with Crippen LogP contribution >= 0.6 is 0 Å². The van der Waals surface area contributed by atoms with Crippen LogP contribution in [0.3, 0.4) is 0 Å². The molecule has 0 radical (unpaired) electrons. The smallest absolute Gasteiger partial charge is 0.0770 e. The molecule has 1 fully saturated rings. The van der Waals surface area contributed by atoms with Gasteiger partial charge in [-0.25, -0.2) is 0 Å². The van der Waals surface area contributed by atoms with Gasteiger partial charge in [0.2, 0.25) is 0 Å². The van der Waals surface area contributed by atoms with E-state index in [1.165, 1.54) is 36.1 Å². The lowest BCUT2D eigenvalue weighted by atomic mass is 9.91. The van der Waals surface area contributed by atoms with Gasteiger partial charge < -0.3 is 5.43 Å². The van der Waals surface area contributed by atoms with Gasteiger partial charge in [-0.1, -0.05) is 38.1 Å². The van der Waals surface area contributed by atoms with Crippen molar-refractivity contribution in [2.24, 2.45) is 11.0 Å². The number of hydrogen-bond acceptors (Lipinski definition) is 2. The number of rotatable bonds is 2. The Morgan fingerprint density at radius 2 is 2.00 bits per heavy atom. The number of hydrogen-bond donors (Lipinski definition) is 1. The lowest BCUT2D eigenvalue weighted by Crippen LogP contribution is -2.18. The summed E-state index contributed by atoms with van der Waals surface area (Å²) in [4.78, 5) is 0. The highest BCUT2D eigenvalue weighted by atomic mass is 15.3. The van der Waals surface area contributed by atoms with Gasteiger partial charge in [0.15, 0.2) is 0 Å². The summed E-state index contributed by atoms with van der Waals surface area (Å²) in [6, 6.07) is 9.48. The molecule has 1 heterocycles. The topological polar surface area (TPSA) is 24.4 Å². The van der Waals surface area contributed by atoms with E-state index in [-0.39, 0.29) is 0 Å². The molecule has 2 unspecified atom stereocenters. The monoisotopic (exact) mass is 228 g/mol. The maximum Gasteiger partial charge on any atom is 0.0770 e. The summed E-state index contributed by atoms with van der Waals surface area (Å²) in [5.41, 5.74) is 7.51. The van der Waals surface area contributed by atoms with Crippen LogP contribution in [0.5, 0.6) is 0 Å². The second-order valence-electron chi connectivity index (χ2n) is 5.53. The van der Waals surface area contributed by atoms with Crippen molar-refractivity contribution < 1.29 is 0 Å². The first kappa shape index (κ1) is 10.8. The molecular weight excluding hydrogens is 208 g/mol. The normalized spacial score (nSPS) is 26.9. The molecule has 0 bridgehead atoms. The van der Waals surface area contributed by atoms with Crippen LogP contribution in [-0.4, -0.2) is 5.71 Å². The molecule has 2 aliphatic rings. The van der Waals surface area contributed by atoms with E-state index in [9.17, 15) is 0 Å². The first-order valence-electron chi connectivity index (χ1n) is 6.67. The van der Waals surface area contributed by atoms with Gasteiger partial charge in [0.05, 0.1) is 6.04 Å². The van der Waals surface area contributed by atoms with Gasteiger partial charge in [-0.2, -0.15) is 5.10 Å². The van der Waals surface area contributed by atoms with E-state index >= 15 is 0 Å². The van der Waals surface area contributed by atoms with Gasteiger partial charge in [-0.3, -0.25) is 0 Å². The maximum absolute atomic E-state index is 4.48. The van der Waals surface area contributed by atoms with Gasteiger partial charge >= 0.3 is 0 Å². The van der Waals surface area contributed by atoms with Crippen LogP contribution in [0, 0.1) is 5.92 Å². The van der Waals surface area contributed by atoms with Crippen molar-refractivity contribution in [1.29, 1.82) is 0 Å². The quantitative estimate of drug-likeness (QED) is 0.821. The predicted octanol–water partition coefficient (Wildman–Crippen LogP) is 3.61. The van der Waals surface area contributed by atoms with E-state index in [1.807, 2.05) is 0 Å². The van der Waals surface area contributed by atoms with E-state index in [1.54, 1.807) is 0 Å². The summed E-state index contributed by atoms with van der Waals surface area (Å²) in [5, 5.41) is 4.48. The molecule has 0 amide bonds. The Bertz CT molecular complexity index is 431. The van der Waals surface area contributed by atoms with Gasteiger partial charge in [-0.15, -0.1) is 0 Å². The molecule has 0 spiro atoms. The minimum atomic E-state index is 0.425. The second kappa shape index (κ2) is 4.17. The van der Waals surface area contributed by atoms with Gasteiger partial charge in [-0.05, 0) is 36.3 Å². The number of nitrogens with zero attached hydrogens (tertiary/aromatic N) is 1. The number of benzene rings is 1. The van der Waals surface area contributed by atoms with Crippen molar-refractivity contribution >= 4 is 5.71 Å². The Kier molecular flexibility index (Phi) is 2.65. The zero-order chi connectivity index (χ0) is 11.8. The molecule has 1 aromatic rings. The lowest BCUT2D eigenvalue weighted by Gasteiger charge is -2.17. The highest BCUT2D eigenvalue weighted by molar-refractivity contribution is 5.90. The van der Waals surface area contributed by atoms with E-state index in [4.69, 9.17) is 0 Å².